The Hall–Kier alpha value is -1.92. The van der Waals surface area contributed by atoms with Crippen molar-refractivity contribution in [2.45, 2.75) is 76.8 Å². The zero-order valence-electron chi connectivity index (χ0n) is 23.3. The lowest BCUT2D eigenvalue weighted by molar-refractivity contribution is -0.136. The van der Waals surface area contributed by atoms with Crippen LogP contribution in [0, 0.1) is 17.8 Å². The van der Waals surface area contributed by atoms with E-state index in [1.807, 2.05) is 0 Å². The zero-order valence-corrected chi connectivity index (χ0v) is 23.3. The number of likely N-dealkylation sites (tertiary alicyclic amines) is 1. The predicted octanol–water partition coefficient (Wildman–Crippen LogP) is 4.06. The average Bonchev–Trinajstić information content (AvgIpc) is 3.46. The number of pyridine rings is 1. The van der Waals surface area contributed by atoms with Gasteiger partial charge < -0.3 is 4.74 Å². The van der Waals surface area contributed by atoms with Gasteiger partial charge in [-0.25, -0.2) is 15.6 Å². The van der Waals surface area contributed by atoms with Gasteiger partial charge in [-0.15, -0.1) is 0 Å². The number of hydrazine groups is 1. The number of aromatic nitrogens is 2. The minimum absolute atomic E-state index is 0.0530. The summed E-state index contributed by atoms with van der Waals surface area (Å²) < 4.78 is 51.0. The van der Waals surface area contributed by atoms with Gasteiger partial charge in [0.15, 0.2) is 0 Å². The van der Waals surface area contributed by atoms with Gasteiger partial charge in [0.05, 0.1) is 23.9 Å². The van der Waals surface area contributed by atoms with Crippen LogP contribution in [0.2, 0.25) is 0 Å². The molecule has 11 heteroatoms. The molecule has 8 nitrogen and oxygen atoms in total. The molecule has 2 saturated heterocycles. The van der Waals surface area contributed by atoms with Gasteiger partial charge >= 0.3 is 11.9 Å². The second-order valence-corrected chi connectivity index (χ2v) is 12.0. The van der Waals surface area contributed by atoms with Gasteiger partial charge in [-0.05, 0) is 81.5 Å². The molecule has 0 amide bonds. The Bertz CT molecular complexity index is 1180. The monoisotopic (exact) mass is 552 g/mol. The van der Waals surface area contributed by atoms with Gasteiger partial charge in [-0.3, -0.25) is 18.8 Å². The van der Waals surface area contributed by atoms with Crippen LogP contribution in [0.5, 0.6) is 0 Å². The number of hydrogen-bond acceptors (Lipinski definition) is 6. The Morgan fingerprint density at radius 3 is 2.69 bits per heavy atom. The fourth-order valence-electron chi connectivity index (χ4n) is 7.19. The summed E-state index contributed by atoms with van der Waals surface area (Å²) in [5, 5.41) is 0. The summed E-state index contributed by atoms with van der Waals surface area (Å²) in [5.74, 6) is 1.15. The highest BCUT2D eigenvalue weighted by Crippen LogP contribution is 2.40. The molecule has 2 aromatic heterocycles. The van der Waals surface area contributed by atoms with Crippen molar-refractivity contribution in [3.05, 3.63) is 40.1 Å². The average molecular weight is 553 g/mol. The molecule has 39 heavy (non-hydrogen) atoms. The van der Waals surface area contributed by atoms with E-state index in [1.54, 1.807) is 17.9 Å². The Morgan fingerprint density at radius 2 is 2.00 bits per heavy atom. The van der Waals surface area contributed by atoms with E-state index in [0.717, 1.165) is 64.7 Å². The highest BCUT2D eigenvalue weighted by Gasteiger charge is 2.39. The molecule has 1 saturated carbocycles. The third kappa shape index (κ3) is 6.22. The van der Waals surface area contributed by atoms with Gasteiger partial charge in [-0.2, -0.15) is 13.2 Å². The van der Waals surface area contributed by atoms with Crippen LogP contribution in [0.4, 0.5) is 13.2 Å². The first-order valence-corrected chi connectivity index (χ1v) is 14.4. The van der Waals surface area contributed by atoms with E-state index in [2.05, 4.69) is 34.6 Å². The molecule has 5 atom stereocenters. The number of imidazole rings is 1. The van der Waals surface area contributed by atoms with Crippen LogP contribution in [0.25, 0.3) is 5.52 Å². The molecule has 1 aliphatic carbocycles. The van der Waals surface area contributed by atoms with Crippen molar-refractivity contribution >= 4 is 5.52 Å². The van der Waals surface area contributed by atoms with E-state index in [-0.39, 0.29) is 23.4 Å². The second-order valence-electron chi connectivity index (χ2n) is 12.0. The topological polar surface area (TPSA) is 66.2 Å². The van der Waals surface area contributed by atoms with E-state index < -0.39 is 11.7 Å². The summed E-state index contributed by atoms with van der Waals surface area (Å²) in [6, 6.07) is 1.12. The number of alkyl halides is 3. The van der Waals surface area contributed by atoms with Crippen LogP contribution >= 0.6 is 0 Å². The predicted molar refractivity (Wildman–Crippen MR) is 144 cm³/mol. The highest BCUT2D eigenvalue weighted by molar-refractivity contribution is 5.56. The number of ether oxygens (including phenoxy) is 1. The van der Waals surface area contributed by atoms with Crippen LogP contribution in [0.15, 0.2) is 23.3 Å². The van der Waals surface area contributed by atoms with E-state index in [9.17, 15) is 18.0 Å². The lowest BCUT2D eigenvalue weighted by Gasteiger charge is -2.39. The lowest BCUT2D eigenvalue weighted by atomic mass is 9.75. The van der Waals surface area contributed by atoms with Crippen molar-refractivity contribution < 1.29 is 17.9 Å². The largest absolute Gasteiger partial charge is 0.418 e. The molecule has 2 N–H and O–H groups in total. The van der Waals surface area contributed by atoms with E-state index in [1.165, 1.54) is 16.7 Å². The summed E-state index contributed by atoms with van der Waals surface area (Å²) in [5.41, 5.74) is 5.98. The molecule has 218 valence electrons. The number of rotatable bonds is 8. The zero-order chi connectivity index (χ0) is 27.7. The van der Waals surface area contributed by atoms with Crippen molar-refractivity contribution in [3.63, 3.8) is 0 Å². The Labute approximate surface area is 228 Å². The summed E-state index contributed by atoms with van der Waals surface area (Å²) in [7, 11) is 3.78. The fourth-order valence-corrected chi connectivity index (χ4v) is 7.19. The Balaban J connectivity index is 1.44. The molecule has 0 aromatic carbocycles. The molecular formula is C28H43F3N6O2. The summed E-state index contributed by atoms with van der Waals surface area (Å²) in [4.78, 5) is 18.1. The van der Waals surface area contributed by atoms with Crippen LogP contribution < -0.4 is 16.5 Å². The maximum atomic E-state index is 14.2. The molecular weight excluding hydrogens is 509 g/mol. The number of methoxy groups -OCH3 is 1. The summed E-state index contributed by atoms with van der Waals surface area (Å²) in [6.45, 7) is 5.71. The van der Waals surface area contributed by atoms with Crippen molar-refractivity contribution in [3.8, 4) is 0 Å². The molecule has 2 aromatic rings. The van der Waals surface area contributed by atoms with Gasteiger partial charge in [0, 0.05) is 45.2 Å². The maximum absolute atomic E-state index is 14.2. The standard InChI is InChI=1S/C28H43F3N6O2/c1-19-6-5-10-35(14-19)15-20-12-24(28(29,30)31)25-17-36(27(38)37(25)16-20)22-8-4-7-21(13-22)23(9-11-39-3)26-33-32-18-34(26)2/h12,16-17,19,21-23,26,32-33H,4-11,13-15,18H2,1-3H3/t19-,21?,22?,23-,26?/m0/s1. The van der Waals surface area contributed by atoms with Crippen molar-refractivity contribution in [2.75, 3.05) is 40.5 Å². The first-order valence-electron chi connectivity index (χ1n) is 14.4. The minimum Gasteiger partial charge on any atom is -0.385 e. The van der Waals surface area contributed by atoms with Gasteiger partial charge in [0.2, 0.25) is 0 Å². The molecule has 5 rings (SSSR count). The van der Waals surface area contributed by atoms with Crippen molar-refractivity contribution in [1.82, 2.24) is 29.6 Å². The SMILES string of the molecule is COCC[C@@H](C1CCCC(n2cc3c(C(F)(F)F)cc(CN4CCC[C@H](C)C4)cn3c2=O)C1)C1NNCN1C. The van der Waals surface area contributed by atoms with Gasteiger partial charge in [0.25, 0.3) is 0 Å². The third-order valence-corrected chi connectivity index (χ3v) is 9.10. The number of hydrogen-bond donors (Lipinski definition) is 2. The number of fused-ring (bicyclic) bond motifs is 1. The summed E-state index contributed by atoms with van der Waals surface area (Å²) in [6.07, 6.45) is 5.27. The molecule has 4 heterocycles. The van der Waals surface area contributed by atoms with Gasteiger partial charge in [0.1, 0.15) is 0 Å². The minimum atomic E-state index is -4.54. The first kappa shape index (κ1) is 28.6. The van der Waals surface area contributed by atoms with Crippen molar-refractivity contribution in [2.24, 2.45) is 17.8 Å². The van der Waals surface area contributed by atoms with Crippen LogP contribution in [-0.4, -0.2) is 65.5 Å². The maximum Gasteiger partial charge on any atom is 0.418 e. The molecule has 0 spiro atoms. The second kappa shape index (κ2) is 11.9. The molecule has 3 fully saturated rings. The van der Waals surface area contributed by atoms with E-state index >= 15 is 0 Å². The quantitative estimate of drug-likeness (QED) is 0.515. The van der Waals surface area contributed by atoms with Gasteiger partial charge in [-0.1, -0.05) is 13.3 Å². The number of halogens is 3. The normalized spacial score (nSPS) is 28.4. The number of nitrogens with zero attached hydrogens (tertiary/aromatic N) is 4. The van der Waals surface area contributed by atoms with Crippen molar-refractivity contribution in [1.29, 1.82) is 0 Å². The highest BCUT2D eigenvalue weighted by atomic mass is 19.4. The van der Waals surface area contributed by atoms with Crippen LogP contribution in [-0.2, 0) is 17.5 Å². The third-order valence-electron chi connectivity index (χ3n) is 9.10. The molecule has 0 bridgehead atoms. The number of piperidine rings is 1. The Kier molecular flexibility index (Phi) is 8.73. The first-order chi connectivity index (χ1) is 18.7. The summed E-state index contributed by atoms with van der Waals surface area (Å²) >= 11 is 0. The molecule has 0 radical (unpaired) electrons. The fraction of sp³-hybridized carbons (Fsp3) is 0.750. The van der Waals surface area contributed by atoms with E-state index in [0.29, 0.717) is 36.5 Å². The molecule has 3 aliphatic rings. The van der Waals surface area contributed by atoms with Crippen LogP contribution in [0.3, 0.4) is 0 Å². The smallest absolute Gasteiger partial charge is 0.385 e. The number of nitrogens with one attached hydrogen (secondary N) is 2. The Morgan fingerprint density at radius 1 is 1.18 bits per heavy atom. The van der Waals surface area contributed by atoms with Crippen LogP contribution in [0.1, 0.15) is 69.0 Å². The van der Waals surface area contributed by atoms with E-state index in [4.69, 9.17) is 4.74 Å². The lowest BCUT2D eigenvalue weighted by Crippen LogP contribution is -2.46. The molecule has 3 unspecified atom stereocenters. The molecule has 2 aliphatic heterocycles.